The van der Waals surface area contributed by atoms with Gasteiger partial charge in [0.1, 0.15) is 11.2 Å². The van der Waals surface area contributed by atoms with Gasteiger partial charge >= 0.3 is 0 Å². The van der Waals surface area contributed by atoms with Gasteiger partial charge in [-0.05, 0) is 136 Å². The van der Waals surface area contributed by atoms with E-state index in [1.165, 1.54) is 0 Å². The first kappa shape index (κ1) is 37.6. The molecule has 11 aromatic rings. The third-order valence-electron chi connectivity index (χ3n) is 11.8. The van der Waals surface area contributed by atoms with Gasteiger partial charge in [-0.15, -0.1) is 0 Å². The predicted molar refractivity (Wildman–Crippen MR) is 265 cm³/mol. The first-order valence-corrected chi connectivity index (χ1v) is 21.4. The zero-order valence-electron chi connectivity index (χ0n) is 34.6. The summed E-state index contributed by atoms with van der Waals surface area (Å²) >= 11 is 0. The van der Waals surface area contributed by atoms with Gasteiger partial charge in [-0.2, -0.15) is 0 Å². The molecule has 0 aliphatic rings. The van der Waals surface area contributed by atoms with Gasteiger partial charge < -0.3 is 14.2 Å². The molecule has 3 heteroatoms. The Morgan fingerprint density at radius 1 is 0.238 bits per heavy atom. The van der Waals surface area contributed by atoms with Crippen LogP contribution in [-0.4, -0.2) is 0 Å². The lowest BCUT2D eigenvalue weighted by molar-refractivity contribution is 0.670. The monoisotopic (exact) mass is 806 g/mol. The van der Waals surface area contributed by atoms with Crippen molar-refractivity contribution in [2.24, 2.45) is 0 Å². The van der Waals surface area contributed by atoms with Crippen LogP contribution in [0.5, 0.6) is 0 Å². The summed E-state index contributed by atoms with van der Waals surface area (Å²) in [5.41, 5.74) is 17.6. The summed E-state index contributed by atoms with van der Waals surface area (Å²) in [6.45, 7) is 0. The minimum absolute atomic E-state index is 0.905. The second-order valence-electron chi connectivity index (χ2n) is 15.8. The summed E-state index contributed by atoms with van der Waals surface area (Å²) < 4.78 is 6.42. The van der Waals surface area contributed by atoms with E-state index in [4.69, 9.17) is 4.42 Å². The van der Waals surface area contributed by atoms with E-state index in [1.807, 2.05) is 12.1 Å². The van der Waals surface area contributed by atoms with Crippen LogP contribution in [0.1, 0.15) is 0 Å². The smallest absolute Gasteiger partial charge is 0.143 e. The molecule has 0 spiro atoms. The van der Waals surface area contributed by atoms with Crippen LogP contribution in [0.2, 0.25) is 0 Å². The molecule has 1 heterocycles. The maximum Gasteiger partial charge on any atom is 0.143 e. The van der Waals surface area contributed by atoms with Crippen LogP contribution < -0.4 is 9.80 Å². The van der Waals surface area contributed by atoms with Gasteiger partial charge in [0.05, 0.1) is 0 Å². The molecule has 0 saturated carbocycles. The van der Waals surface area contributed by atoms with Crippen molar-refractivity contribution in [2.45, 2.75) is 0 Å². The van der Waals surface area contributed by atoms with Crippen LogP contribution in [0.15, 0.2) is 259 Å². The minimum Gasteiger partial charge on any atom is -0.455 e. The third-order valence-corrected chi connectivity index (χ3v) is 11.8. The number of anilines is 6. The van der Waals surface area contributed by atoms with Crippen LogP contribution in [0.25, 0.3) is 66.4 Å². The summed E-state index contributed by atoms with van der Waals surface area (Å²) in [5.74, 6) is 0. The number of para-hydroxylation sites is 6. The van der Waals surface area contributed by atoms with E-state index >= 15 is 0 Å². The van der Waals surface area contributed by atoms with E-state index in [9.17, 15) is 0 Å². The first-order chi connectivity index (χ1) is 31.2. The van der Waals surface area contributed by atoms with E-state index in [2.05, 4.69) is 252 Å². The SMILES string of the molecule is c1ccc(N(c2ccccc2)c2ccc(-c3cc(-c4ccc(-c5cccc6c5oc5ccccc56)cc4)cc(-c4ccc(N(c5ccccc5)c5ccccc5)cc4)c3)cc2)cc1. The number of fused-ring (bicyclic) bond motifs is 3. The van der Waals surface area contributed by atoms with Crippen LogP contribution in [-0.2, 0) is 0 Å². The molecule has 3 nitrogen and oxygen atoms in total. The van der Waals surface area contributed by atoms with Crippen molar-refractivity contribution in [3.8, 4) is 44.5 Å². The van der Waals surface area contributed by atoms with E-state index in [0.29, 0.717) is 0 Å². The van der Waals surface area contributed by atoms with Crippen LogP contribution in [0.4, 0.5) is 34.1 Å². The molecule has 0 bridgehead atoms. The molecule has 0 fully saturated rings. The van der Waals surface area contributed by atoms with E-state index in [1.54, 1.807) is 0 Å². The predicted octanol–water partition coefficient (Wildman–Crippen LogP) is 17.2. The fourth-order valence-electron chi connectivity index (χ4n) is 8.75. The molecule has 0 radical (unpaired) electrons. The maximum absolute atomic E-state index is 6.42. The Hall–Kier alpha value is -8.40. The summed E-state index contributed by atoms with van der Waals surface area (Å²) in [5, 5.41) is 2.27. The van der Waals surface area contributed by atoms with Crippen LogP contribution >= 0.6 is 0 Å². The second kappa shape index (κ2) is 16.6. The van der Waals surface area contributed by atoms with Crippen LogP contribution in [0.3, 0.4) is 0 Å². The zero-order chi connectivity index (χ0) is 42.0. The Bertz CT molecular complexity index is 3070. The van der Waals surface area contributed by atoms with E-state index < -0.39 is 0 Å². The summed E-state index contributed by atoms with van der Waals surface area (Å²) in [7, 11) is 0. The molecule has 0 unspecified atom stereocenters. The zero-order valence-corrected chi connectivity index (χ0v) is 34.6. The Balaban J connectivity index is 0.992. The third kappa shape index (κ3) is 7.43. The average Bonchev–Trinajstić information content (AvgIpc) is 3.75. The summed E-state index contributed by atoms with van der Waals surface area (Å²) in [6.07, 6.45) is 0. The number of hydrogen-bond acceptors (Lipinski definition) is 3. The molecular weight excluding hydrogens is 765 g/mol. The standard InChI is InChI=1S/C60H42N2O/c1-5-16-50(17-6-1)61(51-18-7-2-8-19-51)54-36-32-44(33-37-54)48-40-47(43-28-30-46(31-29-43)56-25-15-26-58-57-24-13-14-27-59(57)63-60(56)58)41-49(42-48)45-34-38-55(39-35-45)62(52-20-9-3-10-21-52)53-22-11-4-12-23-53/h1-42H. The van der Waals surface area contributed by atoms with Crippen molar-refractivity contribution in [3.05, 3.63) is 255 Å². The topological polar surface area (TPSA) is 19.6 Å². The van der Waals surface area contributed by atoms with Crippen molar-refractivity contribution in [2.75, 3.05) is 9.80 Å². The maximum atomic E-state index is 6.42. The van der Waals surface area contributed by atoms with E-state index in [0.717, 1.165) is 101 Å². The Kier molecular flexibility index (Phi) is 9.89. The molecule has 11 rings (SSSR count). The molecule has 0 atom stereocenters. The van der Waals surface area contributed by atoms with Crippen molar-refractivity contribution >= 4 is 56.1 Å². The molecule has 0 saturated heterocycles. The second-order valence-corrected chi connectivity index (χ2v) is 15.8. The highest BCUT2D eigenvalue weighted by atomic mass is 16.3. The van der Waals surface area contributed by atoms with Crippen molar-refractivity contribution in [1.82, 2.24) is 0 Å². The first-order valence-electron chi connectivity index (χ1n) is 21.4. The normalized spacial score (nSPS) is 11.2. The molecule has 298 valence electrons. The van der Waals surface area contributed by atoms with Gasteiger partial charge in [0.2, 0.25) is 0 Å². The number of furan rings is 1. The number of rotatable bonds is 10. The van der Waals surface area contributed by atoms with Gasteiger partial charge in [-0.25, -0.2) is 0 Å². The van der Waals surface area contributed by atoms with E-state index in [-0.39, 0.29) is 0 Å². The Morgan fingerprint density at radius 2 is 0.571 bits per heavy atom. The number of hydrogen-bond donors (Lipinski definition) is 0. The Labute approximate surface area is 368 Å². The number of benzene rings is 10. The highest BCUT2D eigenvalue weighted by molar-refractivity contribution is 6.09. The fraction of sp³-hybridized carbons (Fsp3) is 0. The fourth-order valence-corrected chi connectivity index (χ4v) is 8.75. The lowest BCUT2D eigenvalue weighted by Gasteiger charge is -2.25. The molecule has 0 amide bonds. The summed E-state index contributed by atoms with van der Waals surface area (Å²) in [6, 6.07) is 90.7. The molecule has 1 aromatic heterocycles. The Morgan fingerprint density at radius 3 is 1.00 bits per heavy atom. The molecule has 0 N–H and O–H groups in total. The van der Waals surface area contributed by atoms with Gasteiger partial charge in [0, 0.05) is 50.5 Å². The van der Waals surface area contributed by atoms with Crippen molar-refractivity contribution in [1.29, 1.82) is 0 Å². The highest BCUT2D eigenvalue weighted by Crippen LogP contribution is 2.41. The number of nitrogens with zero attached hydrogens (tertiary/aromatic N) is 2. The van der Waals surface area contributed by atoms with Gasteiger partial charge in [0.15, 0.2) is 0 Å². The van der Waals surface area contributed by atoms with Gasteiger partial charge in [0.25, 0.3) is 0 Å². The molecule has 0 aliphatic heterocycles. The lowest BCUT2D eigenvalue weighted by Crippen LogP contribution is -2.09. The van der Waals surface area contributed by atoms with Gasteiger partial charge in [-0.3, -0.25) is 0 Å². The quantitative estimate of drug-likeness (QED) is 0.137. The average molecular weight is 807 g/mol. The molecule has 0 aliphatic carbocycles. The largest absolute Gasteiger partial charge is 0.455 e. The molecule has 63 heavy (non-hydrogen) atoms. The van der Waals surface area contributed by atoms with Crippen molar-refractivity contribution < 1.29 is 4.42 Å². The molecule has 10 aromatic carbocycles. The highest BCUT2D eigenvalue weighted by Gasteiger charge is 2.16. The summed E-state index contributed by atoms with van der Waals surface area (Å²) in [4.78, 5) is 4.60. The lowest BCUT2D eigenvalue weighted by atomic mass is 9.92. The molecular formula is C60H42N2O. The van der Waals surface area contributed by atoms with Gasteiger partial charge in [-0.1, -0.05) is 158 Å². The van der Waals surface area contributed by atoms with Crippen LogP contribution in [0, 0.1) is 0 Å². The minimum atomic E-state index is 0.905. The van der Waals surface area contributed by atoms with Crippen molar-refractivity contribution in [3.63, 3.8) is 0 Å².